The number of nitrogens with zero attached hydrogens (tertiary/aromatic N) is 5. The zero-order valence-electron chi connectivity index (χ0n) is 19.0. The van der Waals surface area contributed by atoms with Crippen LogP contribution in [0.5, 0.6) is 5.75 Å². The van der Waals surface area contributed by atoms with Gasteiger partial charge in [0.25, 0.3) is 0 Å². The second-order valence-corrected chi connectivity index (χ2v) is 8.10. The molecule has 162 valence electrons. The van der Waals surface area contributed by atoms with Gasteiger partial charge in [0.15, 0.2) is 0 Å². The lowest BCUT2D eigenvalue weighted by Gasteiger charge is -2.11. The van der Waals surface area contributed by atoms with Gasteiger partial charge >= 0.3 is 0 Å². The lowest BCUT2D eigenvalue weighted by molar-refractivity contribution is 0.340. The standard InChI is InChI=1S/C26H27N5O/c1-5-32-23-12-9-20(10-13-23)30-18(3)25-17(2)28-29-24(26(25)19(30)4)14-11-21-7-6-8-22-15-16-27-31(21)22/h6-10,12-13,15-16H,5,11,14H2,1-4H3. The van der Waals surface area contributed by atoms with Crippen LogP contribution in [0.15, 0.2) is 54.7 Å². The Kier molecular flexibility index (Phi) is 5.13. The first-order chi connectivity index (χ1) is 15.6. The van der Waals surface area contributed by atoms with Crippen LogP contribution < -0.4 is 4.74 Å². The van der Waals surface area contributed by atoms with Crippen molar-refractivity contribution in [1.29, 1.82) is 0 Å². The molecule has 5 rings (SSSR count). The van der Waals surface area contributed by atoms with Crippen molar-refractivity contribution >= 4 is 16.3 Å². The largest absolute Gasteiger partial charge is 0.494 e. The maximum Gasteiger partial charge on any atom is 0.119 e. The van der Waals surface area contributed by atoms with E-state index in [0.29, 0.717) is 6.61 Å². The molecule has 0 aliphatic carbocycles. The molecule has 0 saturated heterocycles. The second-order valence-electron chi connectivity index (χ2n) is 8.10. The molecule has 32 heavy (non-hydrogen) atoms. The highest BCUT2D eigenvalue weighted by Crippen LogP contribution is 2.32. The zero-order valence-corrected chi connectivity index (χ0v) is 19.0. The van der Waals surface area contributed by atoms with Crippen molar-refractivity contribution in [2.45, 2.75) is 40.5 Å². The van der Waals surface area contributed by atoms with E-state index >= 15 is 0 Å². The summed E-state index contributed by atoms with van der Waals surface area (Å²) in [6.45, 7) is 9.03. The molecule has 0 spiro atoms. The number of hydrogen-bond acceptors (Lipinski definition) is 4. The maximum atomic E-state index is 5.62. The number of aromatic nitrogens is 5. The van der Waals surface area contributed by atoms with Crippen LogP contribution in [-0.4, -0.2) is 31.0 Å². The van der Waals surface area contributed by atoms with E-state index in [1.165, 1.54) is 27.9 Å². The van der Waals surface area contributed by atoms with Gasteiger partial charge in [0.1, 0.15) is 5.75 Å². The summed E-state index contributed by atoms with van der Waals surface area (Å²) in [4.78, 5) is 0. The van der Waals surface area contributed by atoms with Crippen LogP contribution in [0.25, 0.3) is 22.0 Å². The molecule has 6 heteroatoms. The van der Waals surface area contributed by atoms with Crippen LogP contribution in [0.4, 0.5) is 0 Å². The van der Waals surface area contributed by atoms with E-state index in [1.807, 2.05) is 42.8 Å². The summed E-state index contributed by atoms with van der Waals surface area (Å²) in [6, 6.07) is 16.6. The molecule has 0 amide bonds. The highest BCUT2D eigenvalue weighted by atomic mass is 16.5. The van der Waals surface area contributed by atoms with Gasteiger partial charge in [0.05, 0.1) is 23.5 Å². The average Bonchev–Trinajstić information content (AvgIpc) is 3.38. The van der Waals surface area contributed by atoms with E-state index in [1.54, 1.807) is 0 Å². The summed E-state index contributed by atoms with van der Waals surface area (Å²) in [5, 5.41) is 16.0. The Balaban J connectivity index is 1.57. The van der Waals surface area contributed by atoms with E-state index in [0.717, 1.165) is 41.2 Å². The van der Waals surface area contributed by atoms with Crippen molar-refractivity contribution in [1.82, 2.24) is 24.4 Å². The molecule has 0 radical (unpaired) electrons. The third-order valence-corrected chi connectivity index (χ3v) is 6.14. The quantitative estimate of drug-likeness (QED) is 0.376. The van der Waals surface area contributed by atoms with Gasteiger partial charge in [-0.15, -0.1) is 0 Å². The fraction of sp³-hybridized carbons (Fsp3) is 0.269. The van der Waals surface area contributed by atoms with Crippen LogP contribution in [0.2, 0.25) is 0 Å². The van der Waals surface area contributed by atoms with Crippen LogP contribution in [0, 0.1) is 20.8 Å². The lowest BCUT2D eigenvalue weighted by Crippen LogP contribution is -2.04. The van der Waals surface area contributed by atoms with Crippen molar-refractivity contribution in [3.05, 3.63) is 83.2 Å². The minimum absolute atomic E-state index is 0.664. The molecular formula is C26H27N5O. The van der Waals surface area contributed by atoms with Gasteiger partial charge in [-0.3, -0.25) is 0 Å². The monoisotopic (exact) mass is 425 g/mol. The molecule has 5 aromatic rings. The number of hydrogen-bond donors (Lipinski definition) is 0. The summed E-state index contributed by atoms with van der Waals surface area (Å²) in [5.74, 6) is 0.885. The summed E-state index contributed by atoms with van der Waals surface area (Å²) >= 11 is 0. The summed E-state index contributed by atoms with van der Waals surface area (Å²) < 4.78 is 9.92. The molecule has 6 nitrogen and oxygen atoms in total. The van der Waals surface area contributed by atoms with Gasteiger partial charge in [-0.2, -0.15) is 15.3 Å². The van der Waals surface area contributed by atoms with E-state index in [9.17, 15) is 0 Å². The van der Waals surface area contributed by atoms with Crippen LogP contribution in [-0.2, 0) is 12.8 Å². The van der Waals surface area contributed by atoms with E-state index < -0.39 is 0 Å². The molecule has 4 heterocycles. The van der Waals surface area contributed by atoms with Gasteiger partial charge < -0.3 is 9.30 Å². The molecule has 0 saturated carbocycles. The lowest BCUT2D eigenvalue weighted by atomic mass is 10.1. The van der Waals surface area contributed by atoms with Crippen molar-refractivity contribution in [3.63, 3.8) is 0 Å². The molecular weight excluding hydrogens is 398 g/mol. The number of ether oxygens (including phenoxy) is 1. The number of pyridine rings is 1. The summed E-state index contributed by atoms with van der Waals surface area (Å²) in [6.07, 6.45) is 3.49. The third kappa shape index (κ3) is 3.32. The Bertz CT molecular complexity index is 1410. The molecule has 0 aliphatic heterocycles. The Morgan fingerprint density at radius 3 is 2.41 bits per heavy atom. The molecule has 0 atom stereocenters. The van der Waals surface area contributed by atoms with E-state index in [-0.39, 0.29) is 0 Å². The highest BCUT2D eigenvalue weighted by Gasteiger charge is 2.19. The molecule has 4 aromatic heterocycles. The number of rotatable bonds is 6. The van der Waals surface area contributed by atoms with Crippen molar-refractivity contribution in [3.8, 4) is 11.4 Å². The van der Waals surface area contributed by atoms with Crippen LogP contribution in [0.1, 0.15) is 35.4 Å². The molecule has 0 fully saturated rings. The minimum Gasteiger partial charge on any atom is -0.494 e. The number of fused-ring (bicyclic) bond motifs is 2. The third-order valence-electron chi connectivity index (χ3n) is 6.14. The van der Waals surface area contributed by atoms with Crippen molar-refractivity contribution in [2.24, 2.45) is 0 Å². The topological polar surface area (TPSA) is 57.2 Å². The Hall–Kier alpha value is -3.67. The van der Waals surface area contributed by atoms with Gasteiger partial charge in [-0.25, -0.2) is 4.52 Å². The van der Waals surface area contributed by atoms with Crippen LogP contribution in [0.3, 0.4) is 0 Å². The summed E-state index contributed by atoms with van der Waals surface area (Å²) in [5.41, 5.74) is 7.76. The molecule has 0 bridgehead atoms. The van der Waals surface area contributed by atoms with Gasteiger partial charge in [-0.05, 0) is 83.0 Å². The number of aryl methyl sites for hydroxylation is 5. The molecule has 0 aliphatic rings. The Morgan fingerprint density at radius 2 is 1.62 bits per heavy atom. The predicted octanol–water partition coefficient (Wildman–Crippen LogP) is 5.18. The maximum absolute atomic E-state index is 5.62. The predicted molar refractivity (Wildman–Crippen MR) is 127 cm³/mol. The van der Waals surface area contributed by atoms with E-state index in [2.05, 4.69) is 64.0 Å². The molecule has 0 unspecified atom stereocenters. The summed E-state index contributed by atoms with van der Waals surface area (Å²) in [7, 11) is 0. The Labute approximate surface area is 187 Å². The van der Waals surface area contributed by atoms with Crippen LogP contribution >= 0.6 is 0 Å². The molecule has 1 aromatic carbocycles. The van der Waals surface area contributed by atoms with Gasteiger partial charge in [-0.1, -0.05) is 6.07 Å². The number of benzene rings is 1. The van der Waals surface area contributed by atoms with Crippen molar-refractivity contribution in [2.75, 3.05) is 6.61 Å². The van der Waals surface area contributed by atoms with Crippen molar-refractivity contribution < 1.29 is 4.74 Å². The second kappa shape index (κ2) is 8.11. The first-order valence-electron chi connectivity index (χ1n) is 11.1. The normalized spacial score (nSPS) is 11.5. The fourth-order valence-corrected chi connectivity index (χ4v) is 4.73. The smallest absolute Gasteiger partial charge is 0.119 e. The Morgan fingerprint density at radius 1 is 0.844 bits per heavy atom. The minimum atomic E-state index is 0.664. The SMILES string of the molecule is CCOc1ccc(-n2c(C)c3c(C)nnc(CCc4cccc5ccnn45)c3c2C)cc1. The fourth-order valence-electron chi connectivity index (χ4n) is 4.73. The zero-order chi connectivity index (χ0) is 22.2. The highest BCUT2D eigenvalue weighted by molar-refractivity contribution is 5.92. The molecule has 0 N–H and O–H groups in total. The first kappa shape index (κ1) is 20.2. The average molecular weight is 426 g/mol. The van der Waals surface area contributed by atoms with Gasteiger partial charge in [0, 0.05) is 39.7 Å². The van der Waals surface area contributed by atoms with E-state index in [4.69, 9.17) is 4.74 Å². The van der Waals surface area contributed by atoms with Gasteiger partial charge in [0.2, 0.25) is 0 Å². The first-order valence-corrected chi connectivity index (χ1v) is 11.1.